The molecule has 6 heteroatoms. The monoisotopic (exact) mass is 201 g/mol. The van der Waals surface area contributed by atoms with Crippen molar-refractivity contribution in [2.75, 3.05) is 0 Å². The van der Waals surface area contributed by atoms with Crippen molar-refractivity contribution >= 4 is 0 Å². The van der Waals surface area contributed by atoms with Crippen LogP contribution in [-0.4, -0.2) is 15.1 Å². The number of rotatable bonds is 2. The van der Waals surface area contributed by atoms with Gasteiger partial charge in [0.2, 0.25) is 5.82 Å². The van der Waals surface area contributed by atoms with Crippen LogP contribution in [0.3, 0.4) is 0 Å². The molecule has 0 saturated carbocycles. The minimum atomic E-state index is -1.29. The maximum absolute atomic E-state index is 12.7. The van der Waals surface area contributed by atoms with E-state index >= 15 is 0 Å². The molecule has 0 fully saturated rings. The molecule has 5 nitrogen and oxygen atoms in total. The molecule has 1 aromatic rings. The Bertz CT molecular complexity index is 400. The van der Waals surface area contributed by atoms with E-state index < -0.39 is 22.8 Å². The van der Waals surface area contributed by atoms with Crippen molar-refractivity contribution in [3.63, 3.8) is 0 Å². The molecule has 4 N–H and O–H groups in total. The van der Waals surface area contributed by atoms with Gasteiger partial charge in [0.15, 0.2) is 0 Å². The number of H-pyrrole nitrogens is 1. The zero-order valence-corrected chi connectivity index (χ0v) is 7.97. The highest BCUT2D eigenvalue weighted by Crippen LogP contribution is 2.18. The van der Waals surface area contributed by atoms with Crippen LogP contribution in [0.5, 0.6) is 5.88 Å². The van der Waals surface area contributed by atoms with Crippen LogP contribution in [-0.2, 0) is 5.54 Å². The number of nitrogens with one attached hydrogen (secondary N) is 1. The van der Waals surface area contributed by atoms with Gasteiger partial charge in [-0.05, 0) is 13.3 Å². The largest absolute Gasteiger partial charge is 0.491 e. The van der Waals surface area contributed by atoms with Gasteiger partial charge >= 0.3 is 0 Å². The first-order valence-electron chi connectivity index (χ1n) is 4.16. The second-order valence-corrected chi connectivity index (χ2v) is 3.32. The molecule has 0 radical (unpaired) electrons. The predicted molar refractivity (Wildman–Crippen MR) is 48.3 cm³/mol. The highest BCUT2D eigenvalue weighted by Gasteiger charge is 2.24. The van der Waals surface area contributed by atoms with Crippen LogP contribution < -0.4 is 11.3 Å². The van der Waals surface area contributed by atoms with Crippen LogP contribution in [0.25, 0.3) is 0 Å². The van der Waals surface area contributed by atoms with Crippen LogP contribution in [0.2, 0.25) is 0 Å². The summed E-state index contributed by atoms with van der Waals surface area (Å²) in [6.45, 7) is 3.42. The van der Waals surface area contributed by atoms with Crippen LogP contribution in [0.1, 0.15) is 26.1 Å². The minimum absolute atomic E-state index is 0.0731. The van der Waals surface area contributed by atoms with Gasteiger partial charge in [-0.3, -0.25) is 4.79 Å². The summed E-state index contributed by atoms with van der Waals surface area (Å²) in [5.41, 5.74) is 3.86. The Hall–Kier alpha value is -1.43. The molecule has 1 unspecified atom stereocenters. The Balaban J connectivity index is 3.33. The number of hydrogen-bond acceptors (Lipinski definition) is 4. The molecule has 0 spiro atoms. The van der Waals surface area contributed by atoms with E-state index in [0.29, 0.717) is 6.42 Å². The summed E-state index contributed by atoms with van der Waals surface area (Å²) >= 11 is 0. The lowest BCUT2D eigenvalue weighted by atomic mass is 10.00. The predicted octanol–water partition coefficient (Wildman–Crippen LogP) is 0.199. The van der Waals surface area contributed by atoms with E-state index in [4.69, 9.17) is 10.8 Å². The van der Waals surface area contributed by atoms with E-state index in [0.717, 1.165) is 0 Å². The summed E-state index contributed by atoms with van der Waals surface area (Å²) in [7, 11) is 0. The molecule has 0 aliphatic heterocycles. The van der Waals surface area contributed by atoms with Gasteiger partial charge in [-0.2, -0.15) is 9.37 Å². The molecule has 0 aliphatic rings. The Morgan fingerprint density at radius 1 is 1.71 bits per heavy atom. The molecule has 1 rings (SSSR count). The summed E-state index contributed by atoms with van der Waals surface area (Å²) in [5.74, 6) is -2.14. The fraction of sp³-hybridized carbons (Fsp3) is 0.500. The van der Waals surface area contributed by atoms with Crippen molar-refractivity contribution in [3.8, 4) is 5.88 Å². The van der Waals surface area contributed by atoms with Crippen molar-refractivity contribution in [1.82, 2.24) is 9.97 Å². The first-order valence-corrected chi connectivity index (χ1v) is 4.16. The maximum Gasteiger partial charge on any atom is 0.291 e. The van der Waals surface area contributed by atoms with Crippen LogP contribution >= 0.6 is 0 Å². The van der Waals surface area contributed by atoms with E-state index in [9.17, 15) is 9.18 Å². The third kappa shape index (κ3) is 1.74. The van der Waals surface area contributed by atoms with Gasteiger partial charge in [0.05, 0.1) is 5.54 Å². The van der Waals surface area contributed by atoms with Crippen molar-refractivity contribution in [1.29, 1.82) is 0 Å². The van der Waals surface area contributed by atoms with Gasteiger partial charge in [0.1, 0.15) is 5.82 Å². The zero-order chi connectivity index (χ0) is 10.9. The normalized spacial score (nSPS) is 15.1. The fourth-order valence-corrected chi connectivity index (χ4v) is 0.885. The topological polar surface area (TPSA) is 92.0 Å². The van der Waals surface area contributed by atoms with Crippen LogP contribution in [0, 0.1) is 5.82 Å². The van der Waals surface area contributed by atoms with Gasteiger partial charge in [0.25, 0.3) is 11.4 Å². The first-order chi connectivity index (χ1) is 6.38. The fourth-order valence-electron chi connectivity index (χ4n) is 0.885. The Kier molecular flexibility index (Phi) is 2.57. The van der Waals surface area contributed by atoms with E-state index in [2.05, 4.69) is 9.97 Å². The summed E-state index contributed by atoms with van der Waals surface area (Å²) in [4.78, 5) is 16.6. The molecular weight excluding hydrogens is 189 g/mol. The highest BCUT2D eigenvalue weighted by molar-refractivity contribution is 5.13. The summed E-state index contributed by atoms with van der Waals surface area (Å²) < 4.78 is 12.7. The van der Waals surface area contributed by atoms with Gasteiger partial charge in [-0.1, -0.05) is 6.92 Å². The SMILES string of the molecule is CCC(C)(N)c1nc(O)c(F)c(=O)[nH]1. The van der Waals surface area contributed by atoms with Crippen molar-refractivity contribution in [2.45, 2.75) is 25.8 Å². The molecule has 0 amide bonds. The van der Waals surface area contributed by atoms with Crippen molar-refractivity contribution < 1.29 is 9.50 Å². The molecule has 0 aromatic carbocycles. The molecule has 14 heavy (non-hydrogen) atoms. The lowest BCUT2D eigenvalue weighted by Gasteiger charge is -2.20. The standard InChI is InChI=1S/C8H12FN3O2/c1-3-8(2,10)7-11-5(13)4(9)6(14)12-7/h3,10H2,1-2H3,(H2,11,12,13,14). The highest BCUT2D eigenvalue weighted by atomic mass is 19.1. The summed E-state index contributed by atoms with van der Waals surface area (Å²) in [5, 5.41) is 8.98. The average molecular weight is 201 g/mol. The second-order valence-electron chi connectivity index (χ2n) is 3.32. The van der Waals surface area contributed by atoms with Gasteiger partial charge < -0.3 is 15.8 Å². The smallest absolute Gasteiger partial charge is 0.291 e. The van der Waals surface area contributed by atoms with E-state index in [1.807, 2.05) is 0 Å². The molecule has 78 valence electrons. The van der Waals surface area contributed by atoms with Crippen LogP contribution in [0.15, 0.2) is 4.79 Å². The minimum Gasteiger partial charge on any atom is -0.491 e. The van der Waals surface area contributed by atoms with Gasteiger partial charge in [0, 0.05) is 0 Å². The molecule has 1 atom stereocenters. The van der Waals surface area contributed by atoms with Crippen LogP contribution in [0.4, 0.5) is 4.39 Å². The molecule has 1 aromatic heterocycles. The lowest BCUT2D eigenvalue weighted by Crippen LogP contribution is -2.36. The van der Waals surface area contributed by atoms with Crippen molar-refractivity contribution in [2.24, 2.45) is 5.73 Å². The number of aromatic amines is 1. The number of halogens is 1. The lowest BCUT2D eigenvalue weighted by molar-refractivity contribution is 0.377. The maximum atomic E-state index is 12.7. The number of nitrogens with two attached hydrogens (primary N) is 1. The van der Waals surface area contributed by atoms with E-state index in [1.54, 1.807) is 13.8 Å². The molecule has 0 saturated heterocycles. The van der Waals surface area contributed by atoms with E-state index in [-0.39, 0.29) is 5.82 Å². The molecule has 1 heterocycles. The van der Waals surface area contributed by atoms with Gasteiger partial charge in [-0.15, -0.1) is 0 Å². The molecular formula is C8H12FN3O2. The number of aromatic hydroxyl groups is 1. The Morgan fingerprint density at radius 3 is 2.71 bits per heavy atom. The third-order valence-electron chi connectivity index (χ3n) is 2.12. The average Bonchev–Trinajstić information content (AvgIpc) is 2.13. The molecule has 0 aliphatic carbocycles. The number of nitrogens with zero attached hydrogens (tertiary/aromatic N) is 1. The first kappa shape index (κ1) is 10.6. The Morgan fingerprint density at radius 2 is 2.29 bits per heavy atom. The zero-order valence-electron chi connectivity index (χ0n) is 7.97. The molecule has 0 bridgehead atoms. The third-order valence-corrected chi connectivity index (χ3v) is 2.12. The number of hydrogen-bond donors (Lipinski definition) is 3. The van der Waals surface area contributed by atoms with E-state index in [1.165, 1.54) is 0 Å². The Labute approximate surface area is 79.8 Å². The summed E-state index contributed by atoms with van der Waals surface area (Å²) in [6.07, 6.45) is 0.501. The van der Waals surface area contributed by atoms with Gasteiger partial charge in [-0.25, -0.2) is 0 Å². The van der Waals surface area contributed by atoms with Crippen molar-refractivity contribution in [3.05, 3.63) is 22.0 Å². The number of aromatic nitrogens is 2. The summed E-state index contributed by atoms with van der Waals surface area (Å²) in [6, 6.07) is 0. The quantitative estimate of drug-likeness (QED) is 0.637. The second kappa shape index (κ2) is 3.38.